The maximum absolute atomic E-state index is 12.3. The number of thiophene rings is 1. The third-order valence-electron chi connectivity index (χ3n) is 4.40. The van der Waals surface area contributed by atoms with Gasteiger partial charge in [-0.3, -0.25) is 25.4 Å². The third-order valence-corrected chi connectivity index (χ3v) is 5.64. The largest absolute Gasteiger partial charge is 0.279 e. The molecule has 3 rings (SSSR count). The van der Waals surface area contributed by atoms with Crippen LogP contribution in [0.5, 0.6) is 0 Å². The molecule has 0 atom stereocenters. The molecule has 0 radical (unpaired) electrons. The Bertz CT molecular complexity index is 702. The number of nitrogens with one attached hydrogen (secondary N) is 2. The van der Waals surface area contributed by atoms with Crippen molar-refractivity contribution in [2.75, 3.05) is 0 Å². The van der Waals surface area contributed by atoms with E-state index in [0.29, 0.717) is 17.7 Å². The summed E-state index contributed by atoms with van der Waals surface area (Å²) < 4.78 is 0. The van der Waals surface area contributed by atoms with E-state index >= 15 is 0 Å². The summed E-state index contributed by atoms with van der Waals surface area (Å²) in [5.41, 5.74) is 7.34. The van der Waals surface area contributed by atoms with Crippen molar-refractivity contribution >= 4 is 23.2 Å². The first-order chi connectivity index (χ1) is 12.2. The average molecular weight is 357 g/mol. The van der Waals surface area contributed by atoms with Crippen molar-refractivity contribution in [1.29, 1.82) is 0 Å². The number of hydrogen-bond acceptors (Lipinski definition) is 4. The molecule has 5 nitrogen and oxygen atoms in total. The summed E-state index contributed by atoms with van der Waals surface area (Å²) in [6.07, 6.45) is 11.4. The highest BCUT2D eigenvalue weighted by Crippen LogP contribution is 2.28. The van der Waals surface area contributed by atoms with Gasteiger partial charge in [-0.05, 0) is 55.4 Å². The quantitative estimate of drug-likeness (QED) is 0.826. The lowest BCUT2D eigenvalue weighted by Crippen LogP contribution is -2.41. The van der Waals surface area contributed by atoms with Gasteiger partial charge >= 0.3 is 0 Å². The number of hydrogen-bond donors (Lipinski definition) is 2. The third kappa shape index (κ3) is 5.13. The topological polar surface area (TPSA) is 71.1 Å². The van der Waals surface area contributed by atoms with Crippen LogP contribution in [0.4, 0.5) is 0 Å². The van der Waals surface area contributed by atoms with Crippen LogP contribution in [0.15, 0.2) is 30.6 Å². The second-order valence-corrected chi connectivity index (χ2v) is 7.47. The van der Waals surface area contributed by atoms with Gasteiger partial charge in [0, 0.05) is 23.7 Å². The summed E-state index contributed by atoms with van der Waals surface area (Å²) >= 11 is 1.56. The first kappa shape index (κ1) is 17.6. The summed E-state index contributed by atoms with van der Waals surface area (Å²) in [5, 5.41) is 0. The van der Waals surface area contributed by atoms with E-state index in [1.807, 2.05) is 18.2 Å². The van der Waals surface area contributed by atoms with Crippen molar-refractivity contribution < 1.29 is 9.59 Å². The Morgan fingerprint density at radius 2 is 1.96 bits per heavy atom. The van der Waals surface area contributed by atoms with Crippen LogP contribution in [0.25, 0.3) is 0 Å². The summed E-state index contributed by atoms with van der Waals surface area (Å²) in [6.45, 7) is 0. The Morgan fingerprint density at radius 1 is 1.12 bits per heavy atom. The zero-order valence-corrected chi connectivity index (χ0v) is 15.0. The molecule has 0 saturated heterocycles. The maximum atomic E-state index is 12.3. The normalized spacial score (nSPS) is 14.1. The van der Waals surface area contributed by atoms with E-state index in [9.17, 15) is 9.59 Å². The predicted molar refractivity (Wildman–Crippen MR) is 98.4 cm³/mol. The Morgan fingerprint density at radius 3 is 2.76 bits per heavy atom. The molecule has 2 heterocycles. The molecule has 0 spiro atoms. The van der Waals surface area contributed by atoms with Gasteiger partial charge < -0.3 is 0 Å². The van der Waals surface area contributed by atoms with Crippen molar-refractivity contribution in [3.63, 3.8) is 0 Å². The highest BCUT2D eigenvalue weighted by molar-refractivity contribution is 7.14. The minimum absolute atomic E-state index is 0.202. The van der Waals surface area contributed by atoms with Crippen molar-refractivity contribution in [2.45, 2.75) is 51.4 Å². The van der Waals surface area contributed by atoms with Gasteiger partial charge in [-0.2, -0.15) is 0 Å². The summed E-state index contributed by atoms with van der Waals surface area (Å²) in [5.74, 6) is -0.432. The minimum atomic E-state index is -0.230. The Kier molecular flexibility index (Phi) is 6.17. The number of fused-ring (bicyclic) bond motifs is 1. The number of amides is 2. The number of carbonyl (C=O) groups is 2. The Labute approximate surface area is 151 Å². The van der Waals surface area contributed by atoms with Crippen LogP contribution in [-0.4, -0.2) is 16.8 Å². The first-order valence-electron chi connectivity index (χ1n) is 8.82. The Hall–Kier alpha value is -2.21. The van der Waals surface area contributed by atoms with E-state index in [1.165, 1.54) is 36.1 Å². The molecule has 2 aromatic rings. The molecule has 0 bridgehead atoms. The molecule has 2 aromatic heterocycles. The highest BCUT2D eigenvalue weighted by atomic mass is 32.1. The van der Waals surface area contributed by atoms with Crippen LogP contribution in [0.2, 0.25) is 0 Å². The molecule has 2 amide bonds. The molecular weight excluding hydrogens is 334 g/mol. The lowest BCUT2D eigenvalue weighted by atomic mass is 10.00. The number of rotatable bonds is 4. The van der Waals surface area contributed by atoms with Crippen molar-refractivity contribution in [3.05, 3.63) is 51.5 Å². The highest BCUT2D eigenvalue weighted by Gasteiger charge is 2.16. The minimum Gasteiger partial charge on any atom is -0.273 e. The van der Waals surface area contributed by atoms with Crippen LogP contribution in [-0.2, 0) is 24.1 Å². The van der Waals surface area contributed by atoms with Gasteiger partial charge in [0.05, 0.1) is 4.88 Å². The van der Waals surface area contributed by atoms with Crippen LogP contribution >= 0.6 is 11.3 Å². The van der Waals surface area contributed by atoms with Crippen molar-refractivity contribution in [2.24, 2.45) is 0 Å². The molecule has 132 valence electrons. The fraction of sp³-hybridized carbons (Fsp3) is 0.421. The van der Waals surface area contributed by atoms with Gasteiger partial charge in [0.2, 0.25) is 5.91 Å². The van der Waals surface area contributed by atoms with Gasteiger partial charge in [0.1, 0.15) is 0 Å². The van der Waals surface area contributed by atoms with Gasteiger partial charge in [-0.15, -0.1) is 11.3 Å². The Balaban J connectivity index is 1.49. The SMILES string of the molecule is O=C(CCc1cccnc1)NNC(=O)c1cc2c(s1)CCCCCC2. The summed E-state index contributed by atoms with van der Waals surface area (Å²) in [4.78, 5) is 30.2. The van der Waals surface area contributed by atoms with Crippen LogP contribution in [0, 0.1) is 0 Å². The fourth-order valence-electron chi connectivity index (χ4n) is 3.01. The number of nitrogens with zero attached hydrogens (tertiary/aromatic N) is 1. The number of carbonyl (C=O) groups excluding carboxylic acids is 2. The molecule has 0 unspecified atom stereocenters. The molecule has 25 heavy (non-hydrogen) atoms. The number of aryl methyl sites for hydroxylation is 3. The molecule has 6 heteroatoms. The second-order valence-electron chi connectivity index (χ2n) is 6.34. The summed E-state index contributed by atoms with van der Waals surface area (Å²) in [6, 6.07) is 5.76. The smallest absolute Gasteiger partial charge is 0.273 e. The first-order valence-corrected chi connectivity index (χ1v) is 9.63. The van der Waals surface area contributed by atoms with Crippen LogP contribution in [0.1, 0.15) is 57.8 Å². The van der Waals surface area contributed by atoms with E-state index in [2.05, 4.69) is 15.8 Å². The standard InChI is InChI=1S/C19H23N3O2S/c23-18(10-9-14-6-5-11-20-13-14)21-22-19(24)17-12-15-7-3-1-2-4-8-16(15)25-17/h5-6,11-13H,1-4,7-10H2,(H,21,23)(H,22,24). The van der Waals surface area contributed by atoms with E-state index in [1.54, 1.807) is 23.7 Å². The number of aromatic nitrogens is 1. The molecule has 0 fully saturated rings. The van der Waals surface area contributed by atoms with E-state index in [-0.39, 0.29) is 11.8 Å². The van der Waals surface area contributed by atoms with Gasteiger partial charge in [0.15, 0.2) is 0 Å². The van der Waals surface area contributed by atoms with Gasteiger partial charge in [-0.1, -0.05) is 18.9 Å². The molecule has 1 aliphatic rings. The van der Waals surface area contributed by atoms with Gasteiger partial charge in [-0.25, -0.2) is 0 Å². The van der Waals surface area contributed by atoms with Crippen LogP contribution < -0.4 is 10.9 Å². The lowest BCUT2D eigenvalue weighted by molar-refractivity contribution is -0.121. The average Bonchev–Trinajstić information content (AvgIpc) is 3.01. The predicted octanol–water partition coefficient (Wildman–Crippen LogP) is 3.20. The van der Waals surface area contributed by atoms with E-state index in [4.69, 9.17) is 0 Å². The molecule has 0 aliphatic heterocycles. The molecule has 1 aliphatic carbocycles. The second kappa shape index (κ2) is 8.76. The van der Waals surface area contributed by atoms with Crippen LogP contribution in [0.3, 0.4) is 0 Å². The van der Waals surface area contributed by atoms with Crippen molar-refractivity contribution in [1.82, 2.24) is 15.8 Å². The molecule has 2 N–H and O–H groups in total. The van der Waals surface area contributed by atoms with Crippen molar-refractivity contribution in [3.8, 4) is 0 Å². The zero-order valence-electron chi connectivity index (χ0n) is 14.2. The summed E-state index contributed by atoms with van der Waals surface area (Å²) in [7, 11) is 0. The fourth-order valence-corrected chi connectivity index (χ4v) is 4.16. The number of pyridine rings is 1. The molecule has 0 saturated carbocycles. The lowest BCUT2D eigenvalue weighted by Gasteiger charge is -2.07. The maximum Gasteiger partial charge on any atom is 0.279 e. The van der Waals surface area contributed by atoms with E-state index in [0.717, 1.165) is 18.4 Å². The zero-order chi connectivity index (χ0) is 17.5. The van der Waals surface area contributed by atoms with E-state index < -0.39 is 0 Å². The number of hydrazine groups is 1. The molecule has 0 aromatic carbocycles. The van der Waals surface area contributed by atoms with Gasteiger partial charge in [0.25, 0.3) is 5.91 Å². The molecular formula is C19H23N3O2S. The monoisotopic (exact) mass is 357 g/mol.